The monoisotopic (exact) mass is 372 g/mol. The van der Waals surface area contributed by atoms with Gasteiger partial charge >= 0.3 is 0 Å². The Morgan fingerprint density at radius 3 is 2.52 bits per heavy atom. The van der Waals surface area contributed by atoms with Gasteiger partial charge in [-0.3, -0.25) is 9.69 Å². The second-order valence-corrected chi connectivity index (χ2v) is 8.73. The van der Waals surface area contributed by atoms with Crippen molar-refractivity contribution in [1.29, 1.82) is 0 Å². The summed E-state index contributed by atoms with van der Waals surface area (Å²) in [7, 11) is 0. The molecular weight excluding hydrogens is 340 g/mol. The van der Waals surface area contributed by atoms with Gasteiger partial charge in [0.25, 0.3) is 5.91 Å². The van der Waals surface area contributed by atoms with Gasteiger partial charge in [0, 0.05) is 25.7 Å². The van der Waals surface area contributed by atoms with Gasteiger partial charge in [-0.25, -0.2) is 0 Å². The Bertz CT molecular complexity index is 648. The summed E-state index contributed by atoms with van der Waals surface area (Å²) in [5, 5.41) is 10.5. The maximum Gasteiger partial charge on any atom is 0.260 e. The number of rotatable bonds is 6. The van der Waals surface area contributed by atoms with E-state index in [1.165, 1.54) is 12.0 Å². The normalized spacial score (nSPS) is 25.6. The van der Waals surface area contributed by atoms with E-state index in [-0.39, 0.29) is 12.5 Å². The molecule has 1 unspecified atom stereocenters. The van der Waals surface area contributed by atoms with E-state index >= 15 is 0 Å². The summed E-state index contributed by atoms with van der Waals surface area (Å²) in [6, 6.07) is 8.39. The summed E-state index contributed by atoms with van der Waals surface area (Å²) in [5.41, 5.74) is 0.807. The number of carbonyl (C=O) groups is 1. The first kappa shape index (κ1) is 18.8. The first-order chi connectivity index (χ1) is 13.0. The Labute approximate surface area is 162 Å². The van der Waals surface area contributed by atoms with Crippen LogP contribution in [0.15, 0.2) is 24.3 Å². The van der Waals surface area contributed by atoms with Crippen molar-refractivity contribution < 1.29 is 14.6 Å². The lowest BCUT2D eigenvalue weighted by Crippen LogP contribution is -2.40. The summed E-state index contributed by atoms with van der Waals surface area (Å²) in [6.07, 6.45) is 6.36. The molecule has 4 rings (SSSR count). The Hall–Kier alpha value is -1.59. The molecule has 27 heavy (non-hydrogen) atoms. The van der Waals surface area contributed by atoms with Crippen LogP contribution >= 0.6 is 0 Å². The van der Waals surface area contributed by atoms with E-state index in [4.69, 9.17) is 4.74 Å². The Balaban J connectivity index is 1.26. The van der Waals surface area contributed by atoms with Crippen LogP contribution in [0.1, 0.15) is 51.0 Å². The highest BCUT2D eigenvalue weighted by Crippen LogP contribution is 2.44. The zero-order chi connectivity index (χ0) is 18.9. The van der Waals surface area contributed by atoms with Crippen LogP contribution < -0.4 is 4.74 Å². The van der Waals surface area contributed by atoms with Crippen molar-refractivity contribution in [2.75, 3.05) is 26.2 Å². The molecule has 3 aliphatic rings. The lowest BCUT2D eigenvalue weighted by atomic mass is 9.99. The third-order valence-electron chi connectivity index (χ3n) is 6.55. The maximum atomic E-state index is 12.3. The molecule has 5 nitrogen and oxygen atoms in total. The van der Waals surface area contributed by atoms with Crippen LogP contribution in [0, 0.1) is 5.92 Å². The summed E-state index contributed by atoms with van der Waals surface area (Å²) < 4.78 is 5.71. The summed E-state index contributed by atoms with van der Waals surface area (Å²) in [4.78, 5) is 16.6. The topological polar surface area (TPSA) is 53.0 Å². The minimum Gasteiger partial charge on any atom is -0.484 e. The number of aliphatic hydroxyl groups is 1. The van der Waals surface area contributed by atoms with Crippen molar-refractivity contribution in [1.82, 2.24) is 9.80 Å². The van der Waals surface area contributed by atoms with Crippen molar-refractivity contribution in [2.45, 2.75) is 63.6 Å². The van der Waals surface area contributed by atoms with E-state index in [1.807, 2.05) is 17.0 Å². The zero-order valence-electron chi connectivity index (χ0n) is 16.4. The van der Waals surface area contributed by atoms with Crippen LogP contribution in [0.3, 0.4) is 0 Å². The molecule has 1 N–H and O–H groups in total. The molecule has 5 heteroatoms. The van der Waals surface area contributed by atoms with Gasteiger partial charge in [-0.15, -0.1) is 0 Å². The minimum atomic E-state index is -0.424. The molecular formula is C22H32N2O3. The average Bonchev–Trinajstić information content (AvgIpc) is 3.24. The van der Waals surface area contributed by atoms with E-state index in [0.29, 0.717) is 6.04 Å². The van der Waals surface area contributed by atoms with Gasteiger partial charge in [-0.2, -0.15) is 0 Å². The van der Waals surface area contributed by atoms with Crippen LogP contribution in [-0.4, -0.2) is 58.7 Å². The molecule has 2 heterocycles. The Morgan fingerprint density at radius 2 is 1.85 bits per heavy atom. The van der Waals surface area contributed by atoms with Gasteiger partial charge in [0.15, 0.2) is 6.61 Å². The first-order valence-electron chi connectivity index (χ1n) is 10.5. The molecule has 3 fully saturated rings. The number of benzene rings is 1. The number of hydrogen-bond acceptors (Lipinski definition) is 4. The van der Waals surface area contributed by atoms with Gasteiger partial charge < -0.3 is 14.7 Å². The van der Waals surface area contributed by atoms with E-state index in [1.54, 1.807) is 0 Å². The van der Waals surface area contributed by atoms with Crippen molar-refractivity contribution in [3.63, 3.8) is 0 Å². The predicted octanol–water partition coefficient (Wildman–Crippen LogP) is 2.81. The second-order valence-electron chi connectivity index (χ2n) is 8.73. The molecule has 0 spiro atoms. The van der Waals surface area contributed by atoms with E-state index in [2.05, 4.69) is 24.0 Å². The molecule has 1 aromatic carbocycles. The average molecular weight is 373 g/mol. The standard InChI is InChI=1S/C22H32N2O3/c1-17-8-13-23(14-9-17)21(25)16-27-19-6-4-18(5-7-19)15-24-12-2-3-20(24)22(26)10-11-22/h4-7,17,20,26H,2-3,8-16H2,1H3. The highest BCUT2D eigenvalue weighted by Gasteiger charge is 2.51. The van der Waals surface area contributed by atoms with Gasteiger partial charge in [0.05, 0.1) is 5.60 Å². The van der Waals surface area contributed by atoms with E-state index < -0.39 is 5.60 Å². The molecule has 2 saturated heterocycles. The molecule has 1 atom stereocenters. The highest BCUT2D eigenvalue weighted by atomic mass is 16.5. The number of hydrogen-bond donors (Lipinski definition) is 1. The predicted molar refractivity (Wildman–Crippen MR) is 105 cm³/mol. The molecule has 1 saturated carbocycles. The molecule has 1 aliphatic carbocycles. The summed E-state index contributed by atoms with van der Waals surface area (Å²) in [5.74, 6) is 1.55. The minimum absolute atomic E-state index is 0.0866. The van der Waals surface area contributed by atoms with Crippen LogP contribution in [0.5, 0.6) is 5.75 Å². The largest absolute Gasteiger partial charge is 0.484 e. The molecule has 0 bridgehead atoms. The van der Waals surface area contributed by atoms with Gasteiger partial charge in [-0.1, -0.05) is 19.1 Å². The maximum absolute atomic E-state index is 12.3. The van der Waals surface area contributed by atoms with Crippen molar-refractivity contribution in [2.24, 2.45) is 5.92 Å². The molecule has 1 aromatic rings. The number of piperidine rings is 1. The van der Waals surface area contributed by atoms with Crippen LogP contribution in [0.2, 0.25) is 0 Å². The van der Waals surface area contributed by atoms with Gasteiger partial charge in [0.2, 0.25) is 0 Å². The lowest BCUT2D eigenvalue weighted by Gasteiger charge is -2.30. The second kappa shape index (κ2) is 7.80. The van der Waals surface area contributed by atoms with Crippen molar-refractivity contribution in [3.05, 3.63) is 29.8 Å². The van der Waals surface area contributed by atoms with Crippen LogP contribution in [-0.2, 0) is 11.3 Å². The lowest BCUT2D eigenvalue weighted by molar-refractivity contribution is -0.134. The molecule has 0 radical (unpaired) electrons. The Kier molecular flexibility index (Phi) is 5.42. The van der Waals surface area contributed by atoms with Crippen LogP contribution in [0.4, 0.5) is 0 Å². The Morgan fingerprint density at radius 1 is 1.15 bits per heavy atom. The fourth-order valence-electron chi connectivity index (χ4n) is 4.51. The molecule has 0 aromatic heterocycles. The molecule has 1 amide bonds. The fourth-order valence-corrected chi connectivity index (χ4v) is 4.51. The van der Waals surface area contributed by atoms with E-state index in [0.717, 1.165) is 70.0 Å². The summed E-state index contributed by atoms with van der Waals surface area (Å²) >= 11 is 0. The number of carbonyl (C=O) groups excluding carboxylic acids is 1. The van der Waals surface area contributed by atoms with E-state index in [9.17, 15) is 9.90 Å². The summed E-state index contributed by atoms with van der Waals surface area (Å²) in [6.45, 7) is 6.01. The highest BCUT2D eigenvalue weighted by molar-refractivity contribution is 5.77. The fraction of sp³-hybridized carbons (Fsp3) is 0.682. The zero-order valence-corrected chi connectivity index (χ0v) is 16.4. The quantitative estimate of drug-likeness (QED) is 0.834. The van der Waals surface area contributed by atoms with Crippen LogP contribution in [0.25, 0.3) is 0 Å². The number of ether oxygens (including phenoxy) is 1. The smallest absolute Gasteiger partial charge is 0.260 e. The number of nitrogens with zero attached hydrogens (tertiary/aromatic N) is 2. The molecule has 148 valence electrons. The third kappa shape index (κ3) is 4.46. The third-order valence-corrected chi connectivity index (χ3v) is 6.55. The molecule has 2 aliphatic heterocycles. The van der Waals surface area contributed by atoms with Gasteiger partial charge in [0.1, 0.15) is 5.75 Å². The van der Waals surface area contributed by atoms with Crippen molar-refractivity contribution in [3.8, 4) is 5.75 Å². The SMILES string of the molecule is CC1CCN(C(=O)COc2ccc(CN3CCCC3C3(O)CC3)cc2)CC1. The number of amides is 1. The first-order valence-corrected chi connectivity index (χ1v) is 10.5. The van der Waals surface area contributed by atoms with Gasteiger partial charge in [-0.05, 0) is 68.7 Å². The number of likely N-dealkylation sites (tertiary alicyclic amines) is 2. The van der Waals surface area contributed by atoms with Crippen molar-refractivity contribution >= 4 is 5.91 Å².